The van der Waals surface area contributed by atoms with Gasteiger partial charge in [0.2, 0.25) is 0 Å². The van der Waals surface area contributed by atoms with E-state index in [0.717, 1.165) is 35.0 Å². The highest BCUT2D eigenvalue weighted by Gasteiger charge is 2.24. The predicted octanol–water partition coefficient (Wildman–Crippen LogP) is 2.81. The number of nitrogens with one attached hydrogen (secondary N) is 2. The molecular formula is C17H17ClN4O2. The first-order chi connectivity index (χ1) is 11.6. The lowest BCUT2D eigenvalue weighted by Gasteiger charge is -2.29. The number of likely N-dealkylation sites (tertiary alicyclic amines) is 1. The van der Waals surface area contributed by atoms with E-state index in [1.165, 1.54) is 0 Å². The third-order valence-electron chi connectivity index (χ3n) is 4.43. The standard InChI is InChI=1S/C17H17ClN4O2/c18-13-8-21-16-12(3-4-19-16)15(13)10-6-14(20-7-10)17(24)22-5-1-2-11(23)9-22/h3-4,6-8,11,20,23H,1-2,5,9H2,(H,19,21). The molecule has 0 saturated carbocycles. The molecule has 0 aromatic carbocycles. The Hall–Kier alpha value is -2.31. The van der Waals surface area contributed by atoms with Crippen molar-refractivity contribution in [2.45, 2.75) is 18.9 Å². The summed E-state index contributed by atoms with van der Waals surface area (Å²) in [4.78, 5) is 24.7. The second-order valence-corrected chi connectivity index (χ2v) is 6.48. The minimum atomic E-state index is -0.439. The lowest BCUT2D eigenvalue weighted by molar-refractivity contribution is 0.0469. The van der Waals surface area contributed by atoms with Gasteiger partial charge in [0.25, 0.3) is 5.91 Å². The van der Waals surface area contributed by atoms with E-state index < -0.39 is 6.10 Å². The number of carbonyl (C=O) groups excluding carboxylic acids is 1. The monoisotopic (exact) mass is 344 g/mol. The molecule has 6 nitrogen and oxygen atoms in total. The van der Waals surface area contributed by atoms with Crippen LogP contribution in [0.4, 0.5) is 0 Å². The number of pyridine rings is 1. The van der Waals surface area contributed by atoms with Crippen molar-refractivity contribution in [1.82, 2.24) is 19.9 Å². The van der Waals surface area contributed by atoms with E-state index in [1.54, 1.807) is 23.4 Å². The van der Waals surface area contributed by atoms with Gasteiger partial charge in [-0.15, -0.1) is 0 Å². The van der Waals surface area contributed by atoms with Crippen molar-refractivity contribution in [3.05, 3.63) is 41.4 Å². The third kappa shape index (κ3) is 2.57. The van der Waals surface area contributed by atoms with Crippen LogP contribution in [0.2, 0.25) is 5.02 Å². The number of aliphatic hydroxyl groups is 1. The largest absolute Gasteiger partial charge is 0.391 e. The number of rotatable bonds is 2. The normalized spacial score (nSPS) is 18.2. The van der Waals surface area contributed by atoms with Crippen LogP contribution in [0.3, 0.4) is 0 Å². The Balaban J connectivity index is 1.68. The second kappa shape index (κ2) is 5.96. The molecule has 1 amide bonds. The van der Waals surface area contributed by atoms with Gasteiger partial charge in [-0.1, -0.05) is 11.6 Å². The number of β-amino-alcohol motifs (C(OH)–C–C–N with tert-alkyl or cyclic N) is 1. The number of amides is 1. The first-order valence-electron chi connectivity index (χ1n) is 7.91. The smallest absolute Gasteiger partial charge is 0.270 e. The van der Waals surface area contributed by atoms with Gasteiger partial charge in [0.15, 0.2) is 0 Å². The Kier molecular flexibility index (Phi) is 3.78. The van der Waals surface area contributed by atoms with Gasteiger partial charge in [-0.25, -0.2) is 4.98 Å². The van der Waals surface area contributed by atoms with Gasteiger partial charge in [-0.05, 0) is 25.0 Å². The summed E-state index contributed by atoms with van der Waals surface area (Å²) >= 11 is 6.33. The van der Waals surface area contributed by atoms with E-state index in [4.69, 9.17) is 11.6 Å². The summed E-state index contributed by atoms with van der Waals surface area (Å²) < 4.78 is 0. The Bertz CT molecular complexity index is 901. The molecule has 0 aliphatic carbocycles. The fraction of sp³-hybridized carbons (Fsp3) is 0.294. The average Bonchev–Trinajstić information content (AvgIpc) is 3.23. The highest BCUT2D eigenvalue weighted by Crippen LogP contribution is 2.34. The molecule has 1 atom stereocenters. The number of fused-ring (bicyclic) bond motifs is 1. The van der Waals surface area contributed by atoms with Gasteiger partial charge >= 0.3 is 0 Å². The summed E-state index contributed by atoms with van der Waals surface area (Å²) in [6.45, 7) is 1.05. The molecule has 24 heavy (non-hydrogen) atoms. The molecule has 1 aliphatic heterocycles. The van der Waals surface area contributed by atoms with Crippen LogP contribution in [0.15, 0.2) is 30.7 Å². The maximum Gasteiger partial charge on any atom is 0.270 e. The number of piperidine rings is 1. The minimum absolute atomic E-state index is 0.101. The Morgan fingerprint density at radius 3 is 3.12 bits per heavy atom. The highest BCUT2D eigenvalue weighted by molar-refractivity contribution is 6.34. The molecule has 0 bridgehead atoms. The summed E-state index contributed by atoms with van der Waals surface area (Å²) in [6.07, 6.45) is 6.32. The number of H-pyrrole nitrogens is 2. The van der Waals surface area contributed by atoms with Crippen LogP contribution in [0.25, 0.3) is 22.2 Å². The van der Waals surface area contributed by atoms with Crippen LogP contribution in [0, 0.1) is 0 Å². The number of aromatic nitrogens is 3. The highest BCUT2D eigenvalue weighted by atomic mass is 35.5. The van der Waals surface area contributed by atoms with Crippen molar-refractivity contribution in [2.24, 2.45) is 0 Å². The minimum Gasteiger partial charge on any atom is -0.391 e. The van der Waals surface area contributed by atoms with E-state index in [0.29, 0.717) is 23.8 Å². The zero-order chi connectivity index (χ0) is 16.7. The number of halogens is 1. The molecule has 1 aliphatic rings. The molecule has 3 N–H and O–H groups in total. The molecule has 0 radical (unpaired) electrons. The zero-order valence-corrected chi connectivity index (χ0v) is 13.7. The summed E-state index contributed by atoms with van der Waals surface area (Å²) in [5, 5.41) is 11.2. The van der Waals surface area contributed by atoms with E-state index in [2.05, 4.69) is 15.0 Å². The zero-order valence-electron chi connectivity index (χ0n) is 12.9. The molecule has 4 rings (SSSR count). The Labute approximate surface area is 143 Å². The predicted molar refractivity (Wildman–Crippen MR) is 92.0 cm³/mol. The number of aliphatic hydroxyl groups excluding tert-OH is 1. The molecule has 3 aromatic heterocycles. The van der Waals surface area contributed by atoms with E-state index in [9.17, 15) is 9.90 Å². The average molecular weight is 345 g/mol. The molecule has 124 valence electrons. The van der Waals surface area contributed by atoms with Crippen molar-refractivity contribution in [3.63, 3.8) is 0 Å². The number of carbonyl (C=O) groups is 1. The van der Waals surface area contributed by atoms with E-state index >= 15 is 0 Å². The lowest BCUT2D eigenvalue weighted by atomic mass is 10.1. The van der Waals surface area contributed by atoms with Crippen LogP contribution in [0.5, 0.6) is 0 Å². The van der Waals surface area contributed by atoms with Crippen LogP contribution in [-0.2, 0) is 0 Å². The fourth-order valence-corrected chi connectivity index (χ4v) is 3.51. The van der Waals surface area contributed by atoms with Crippen LogP contribution in [-0.4, -0.2) is 50.1 Å². The maximum atomic E-state index is 12.6. The van der Waals surface area contributed by atoms with Crippen LogP contribution >= 0.6 is 11.6 Å². The molecule has 0 spiro atoms. The van der Waals surface area contributed by atoms with Crippen LogP contribution in [0.1, 0.15) is 23.3 Å². The number of hydrogen-bond donors (Lipinski definition) is 3. The number of hydrogen-bond acceptors (Lipinski definition) is 3. The quantitative estimate of drug-likeness (QED) is 0.668. The number of aromatic amines is 2. The topological polar surface area (TPSA) is 85.0 Å². The van der Waals surface area contributed by atoms with Gasteiger partial charge in [0.1, 0.15) is 11.3 Å². The van der Waals surface area contributed by atoms with Crippen molar-refractivity contribution in [3.8, 4) is 11.1 Å². The first-order valence-corrected chi connectivity index (χ1v) is 8.29. The van der Waals surface area contributed by atoms with Crippen molar-refractivity contribution >= 4 is 28.5 Å². The second-order valence-electron chi connectivity index (χ2n) is 6.07. The van der Waals surface area contributed by atoms with Crippen LogP contribution < -0.4 is 0 Å². The van der Waals surface area contributed by atoms with Gasteiger partial charge in [-0.3, -0.25) is 4.79 Å². The maximum absolute atomic E-state index is 12.6. The van der Waals surface area contributed by atoms with Gasteiger partial charge < -0.3 is 20.0 Å². The SMILES string of the molecule is O=C(c1cc(-c2c(Cl)cnc3[nH]ccc23)c[nH]1)N1CCCC(O)C1. The summed E-state index contributed by atoms with van der Waals surface area (Å²) in [5.41, 5.74) is 2.93. The van der Waals surface area contributed by atoms with E-state index in [1.807, 2.05) is 12.3 Å². The molecule has 7 heteroatoms. The lowest BCUT2D eigenvalue weighted by Crippen LogP contribution is -2.42. The number of nitrogens with zero attached hydrogens (tertiary/aromatic N) is 2. The fourth-order valence-electron chi connectivity index (χ4n) is 3.25. The Morgan fingerprint density at radius 2 is 2.29 bits per heavy atom. The van der Waals surface area contributed by atoms with Crippen molar-refractivity contribution < 1.29 is 9.90 Å². The molecule has 3 aromatic rings. The molecule has 1 fully saturated rings. The van der Waals surface area contributed by atoms with E-state index in [-0.39, 0.29) is 5.91 Å². The third-order valence-corrected chi connectivity index (χ3v) is 4.71. The van der Waals surface area contributed by atoms with Gasteiger partial charge in [0.05, 0.1) is 11.1 Å². The first kappa shape index (κ1) is 15.2. The molecular weight excluding hydrogens is 328 g/mol. The summed E-state index contributed by atoms with van der Waals surface area (Å²) in [6, 6.07) is 3.72. The molecule has 1 saturated heterocycles. The summed E-state index contributed by atoms with van der Waals surface area (Å²) in [7, 11) is 0. The van der Waals surface area contributed by atoms with Gasteiger partial charge in [0, 0.05) is 48.2 Å². The molecule has 1 unspecified atom stereocenters. The van der Waals surface area contributed by atoms with Crippen molar-refractivity contribution in [1.29, 1.82) is 0 Å². The Morgan fingerprint density at radius 1 is 1.42 bits per heavy atom. The van der Waals surface area contributed by atoms with Gasteiger partial charge in [-0.2, -0.15) is 0 Å². The summed E-state index contributed by atoms with van der Waals surface area (Å²) in [5.74, 6) is -0.101. The molecule has 4 heterocycles. The van der Waals surface area contributed by atoms with Crippen molar-refractivity contribution in [2.75, 3.05) is 13.1 Å².